The summed E-state index contributed by atoms with van der Waals surface area (Å²) in [7, 11) is 0. The fraction of sp³-hybridized carbons (Fsp3) is 0.333. The Kier molecular flexibility index (Phi) is 4.48. The van der Waals surface area contributed by atoms with Gasteiger partial charge in [0, 0.05) is 34.7 Å². The highest BCUT2D eigenvalue weighted by Gasteiger charge is 2.18. The van der Waals surface area contributed by atoms with Crippen molar-refractivity contribution in [1.29, 1.82) is 0 Å². The molecule has 1 aliphatic rings. The van der Waals surface area contributed by atoms with E-state index >= 15 is 0 Å². The topological polar surface area (TPSA) is 15.3 Å². The van der Waals surface area contributed by atoms with Crippen LogP contribution >= 0.6 is 15.9 Å². The predicted octanol–water partition coefficient (Wildman–Crippen LogP) is 4.11. The van der Waals surface area contributed by atoms with Crippen molar-refractivity contribution in [1.82, 2.24) is 4.90 Å². The van der Waals surface area contributed by atoms with Gasteiger partial charge < -0.3 is 5.32 Å². The molecule has 1 saturated heterocycles. The minimum Gasteiger partial charge on any atom is -0.382 e. The van der Waals surface area contributed by atoms with Crippen molar-refractivity contribution in [3.8, 4) is 12.3 Å². The molecule has 0 spiro atoms. The lowest BCUT2D eigenvalue weighted by Gasteiger charge is -2.32. The summed E-state index contributed by atoms with van der Waals surface area (Å²) in [5, 5.41) is 6.25. The molecule has 3 rings (SSSR count). The molecule has 0 aromatic heterocycles. The summed E-state index contributed by atoms with van der Waals surface area (Å²) >= 11 is 3.63. The lowest BCUT2D eigenvalue weighted by atomic mass is 10.0. The molecule has 0 atom stereocenters. The molecule has 108 valence electrons. The lowest BCUT2D eigenvalue weighted by molar-refractivity contribution is 0.243. The number of anilines is 1. The fourth-order valence-electron chi connectivity index (χ4n) is 2.97. The van der Waals surface area contributed by atoms with Gasteiger partial charge in [-0.2, -0.15) is 0 Å². The van der Waals surface area contributed by atoms with E-state index in [1.807, 2.05) is 0 Å². The Balaban J connectivity index is 1.75. The molecule has 0 unspecified atom stereocenters. The number of hydrogen-bond acceptors (Lipinski definition) is 2. The standard InChI is InChI=1S/C18H19BrN2/c1-2-11-21-12-9-14(10-13-21)20-18-8-7-17(19)15-5-3-4-6-16(15)18/h1,3-8,14,20H,9-13H2. The number of halogens is 1. The van der Waals surface area contributed by atoms with Crippen molar-refractivity contribution in [2.75, 3.05) is 25.0 Å². The van der Waals surface area contributed by atoms with Crippen molar-refractivity contribution in [3.05, 3.63) is 40.9 Å². The molecule has 0 radical (unpaired) electrons. The van der Waals surface area contributed by atoms with Crippen molar-refractivity contribution in [3.63, 3.8) is 0 Å². The van der Waals surface area contributed by atoms with E-state index in [0.717, 1.165) is 36.9 Å². The molecule has 2 nitrogen and oxygen atoms in total. The average Bonchev–Trinajstić information content (AvgIpc) is 2.52. The third-order valence-electron chi connectivity index (χ3n) is 4.13. The summed E-state index contributed by atoms with van der Waals surface area (Å²) in [6.45, 7) is 2.93. The van der Waals surface area contributed by atoms with Crippen molar-refractivity contribution in [2.45, 2.75) is 18.9 Å². The Morgan fingerprint density at radius 1 is 1.14 bits per heavy atom. The lowest BCUT2D eigenvalue weighted by Crippen LogP contribution is -2.39. The van der Waals surface area contributed by atoms with Crippen LogP contribution in [0.4, 0.5) is 5.69 Å². The highest BCUT2D eigenvalue weighted by atomic mass is 79.9. The molecular weight excluding hydrogens is 324 g/mol. The highest BCUT2D eigenvalue weighted by Crippen LogP contribution is 2.31. The van der Waals surface area contributed by atoms with Gasteiger partial charge in [0.1, 0.15) is 0 Å². The van der Waals surface area contributed by atoms with Gasteiger partial charge in [0.15, 0.2) is 0 Å². The highest BCUT2D eigenvalue weighted by molar-refractivity contribution is 9.10. The Morgan fingerprint density at radius 2 is 1.86 bits per heavy atom. The molecule has 0 bridgehead atoms. The normalized spacial score (nSPS) is 16.8. The van der Waals surface area contributed by atoms with Crippen LogP contribution in [-0.4, -0.2) is 30.6 Å². The largest absolute Gasteiger partial charge is 0.382 e. The van der Waals surface area contributed by atoms with Crippen molar-refractivity contribution >= 4 is 32.4 Å². The van der Waals surface area contributed by atoms with Crippen LogP contribution in [0.5, 0.6) is 0 Å². The minimum atomic E-state index is 0.531. The Bertz CT molecular complexity index is 666. The van der Waals surface area contributed by atoms with E-state index in [1.165, 1.54) is 16.5 Å². The second-order valence-electron chi connectivity index (χ2n) is 5.54. The predicted molar refractivity (Wildman–Crippen MR) is 93.6 cm³/mol. The zero-order chi connectivity index (χ0) is 14.7. The van der Waals surface area contributed by atoms with Gasteiger partial charge in [-0.15, -0.1) is 6.42 Å². The number of terminal acetylenes is 1. The molecule has 2 aromatic rings. The number of rotatable bonds is 3. The van der Waals surface area contributed by atoms with Gasteiger partial charge in [-0.3, -0.25) is 4.90 Å². The maximum atomic E-state index is 5.38. The molecule has 3 heteroatoms. The first-order valence-electron chi connectivity index (χ1n) is 7.37. The molecule has 0 amide bonds. The van der Waals surface area contributed by atoms with E-state index in [0.29, 0.717) is 6.04 Å². The summed E-state index contributed by atoms with van der Waals surface area (Å²) in [5.41, 5.74) is 1.23. The van der Waals surface area contributed by atoms with Crippen LogP contribution in [0.15, 0.2) is 40.9 Å². The second-order valence-corrected chi connectivity index (χ2v) is 6.39. The molecule has 0 aliphatic carbocycles. The van der Waals surface area contributed by atoms with Crippen LogP contribution in [-0.2, 0) is 0 Å². The van der Waals surface area contributed by atoms with Gasteiger partial charge >= 0.3 is 0 Å². The monoisotopic (exact) mass is 342 g/mol. The van der Waals surface area contributed by atoms with Crippen LogP contribution in [0.2, 0.25) is 0 Å². The molecule has 1 N–H and O–H groups in total. The van der Waals surface area contributed by atoms with Crippen LogP contribution in [0.25, 0.3) is 10.8 Å². The molecule has 21 heavy (non-hydrogen) atoms. The number of likely N-dealkylation sites (tertiary alicyclic amines) is 1. The summed E-state index contributed by atoms with van der Waals surface area (Å²) < 4.78 is 1.15. The average molecular weight is 343 g/mol. The maximum Gasteiger partial charge on any atom is 0.0598 e. The molecule has 0 saturated carbocycles. The van der Waals surface area contributed by atoms with Gasteiger partial charge in [-0.25, -0.2) is 0 Å². The third-order valence-corrected chi connectivity index (χ3v) is 4.82. The zero-order valence-corrected chi connectivity index (χ0v) is 13.6. The Labute approximate surface area is 134 Å². The first-order valence-corrected chi connectivity index (χ1v) is 8.17. The molecule has 1 fully saturated rings. The van der Waals surface area contributed by atoms with Crippen LogP contribution in [0.3, 0.4) is 0 Å². The number of piperidine rings is 1. The van der Waals surface area contributed by atoms with Crippen molar-refractivity contribution in [2.24, 2.45) is 0 Å². The first-order chi connectivity index (χ1) is 10.3. The summed E-state index contributed by atoms with van der Waals surface area (Å²) in [6.07, 6.45) is 7.67. The number of fused-ring (bicyclic) bond motifs is 1. The molecule has 1 heterocycles. The summed E-state index contributed by atoms with van der Waals surface area (Å²) in [5.74, 6) is 2.73. The van der Waals surface area contributed by atoms with E-state index in [-0.39, 0.29) is 0 Å². The molecular formula is C18H19BrN2. The minimum absolute atomic E-state index is 0.531. The van der Waals surface area contributed by atoms with Gasteiger partial charge in [-0.1, -0.05) is 46.1 Å². The number of benzene rings is 2. The van der Waals surface area contributed by atoms with Crippen molar-refractivity contribution < 1.29 is 0 Å². The SMILES string of the molecule is C#CCN1CCC(Nc2ccc(Br)c3ccccc23)CC1. The van der Waals surface area contributed by atoms with Gasteiger partial charge in [0.2, 0.25) is 0 Å². The van der Waals surface area contributed by atoms with E-state index in [9.17, 15) is 0 Å². The Morgan fingerprint density at radius 3 is 2.57 bits per heavy atom. The van der Waals surface area contributed by atoms with Crippen LogP contribution in [0, 0.1) is 12.3 Å². The number of nitrogens with zero attached hydrogens (tertiary/aromatic N) is 1. The van der Waals surface area contributed by atoms with Gasteiger partial charge in [0.05, 0.1) is 6.54 Å². The summed E-state index contributed by atoms with van der Waals surface area (Å²) in [4.78, 5) is 2.35. The number of nitrogens with one attached hydrogen (secondary N) is 1. The quantitative estimate of drug-likeness (QED) is 0.844. The molecule has 2 aromatic carbocycles. The molecule has 1 aliphatic heterocycles. The second kappa shape index (κ2) is 6.51. The third kappa shape index (κ3) is 3.23. The van der Waals surface area contributed by atoms with E-state index in [2.05, 4.69) is 68.5 Å². The fourth-order valence-corrected chi connectivity index (χ4v) is 3.45. The van der Waals surface area contributed by atoms with E-state index < -0.39 is 0 Å². The first kappa shape index (κ1) is 14.4. The number of hydrogen-bond donors (Lipinski definition) is 1. The van der Waals surface area contributed by atoms with Crippen LogP contribution < -0.4 is 5.32 Å². The van der Waals surface area contributed by atoms with Gasteiger partial charge in [-0.05, 0) is 30.4 Å². The zero-order valence-electron chi connectivity index (χ0n) is 12.0. The van der Waals surface area contributed by atoms with E-state index in [4.69, 9.17) is 6.42 Å². The van der Waals surface area contributed by atoms with Crippen LogP contribution in [0.1, 0.15) is 12.8 Å². The smallest absolute Gasteiger partial charge is 0.0598 e. The summed E-state index contributed by atoms with van der Waals surface area (Å²) in [6, 6.07) is 13.3. The Hall–Kier alpha value is -1.50. The van der Waals surface area contributed by atoms with Gasteiger partial charge in [0.25, 0.3) is 0 Å². The van der Waals surface area contributed by atoms with E-state index in [1.54, 1.807) is 0 Å². The maximum absolute atomic E-state index is 5.38.